The Morgan fingerprint density at radius 3 is 2.96 bits per heavy atom. The summed E-state index contributed by atoms with van der Waals surface area (Å²) < 4.78 is 20.2. The molecule has 2 aromatic rings. The van der Waals surface area contributed by atoms with Gasteiger partial charge in [-0.3, -0.25) is 9.59 Å². The number of carboxylic acids is 1. The van der Waals surface area contributed by atoms with Gasteiger partial charge in [-0.05, 0) is 12.1 Å². The first-order chi connectivity index (χ1) is 12.0. The standard InChI is InChI=1S/C17H18FNO4S2/c1-23-8-11-15-12(18)3-2-4-13(15)25-16(11)17(22)19-5-6-24-9-10(19)7-14(20)21/h2-4,10H,5-9H2,1H3,(H,20,21). The van der Waals surface area contributed by atoms with Crippen molar-refractivity contribution in [2.75, 3.05) is 25.2 Å². The van der Waals surface area contributed by atoms with E-state index < -0.39 is 5.97 Å². The molecule has 0 bridgehead atoms. The number of carboxylic acid groups (broad SMARTS) is 1. The molecule has 3 rings (SSSR count). The number of ether oxygens (including phenoxy) is 1. The molecular formula is C17H18FNO4S2. The Labute approximate surface area is 152 Å². The van der Waals surface area contributed by atoms with Crippen LogP contribution in [0.1, 0.15) is 21.7 Å². The van der Waals surface area contributed by atoms with Crippen molar-refractivity contribution in [1.82, 2.24) is 4.90 Å². The Bertz CT molecular complexity index is 807. The van der Waals surface area contributed by atoms with Gasteiger partial charge in [-0.15, -0.1) is 11.3 Å². The third-order valence-corrected chi connectivity index (χ3v) is 6.42. The van der Waals surface area contributed by atoms with Gasteiger partial charge >= 0.3 is 5.97 Å². The lowest BCUT2D eigenvalue weighted by Gasteiger charge is -2.34. The van der Waals surface area contributed by atoms with Gasteiger partial charge in [-0.1, -0.05) is 6.07 Å². The zero-order valence-electron chi connectivity index (χ0n) is 13.7. The highest BCUT2D eigenvalue weighted by molar-refractivity contribution is 7.99. The number of halogens is 1. The van der Waals surface area contributed by atoms with E-state index >= 15 is 0 Å². The van der Waals surface area contributed by atoms with E-state index in [-0.39, 0.29) is 30.8 Å². The molecule has 1 aromatic carbocycles. The molecule has 0 radical (unpaired) electrons. The summed E-state index contributed by atoms with van der Waals surface area (Å²) in [7, 11) is 1.50. The average molecular weight is 383 g/mol. The normalized spacial score (nSPS) is 17.8. The fourth-order valence-corrected chi connectivity index (χ4v) is 5.29. The first-order valence-electron chi connectivity index (χ1n) is 7.82. The molecule has 134 valence electrons. The van der Waals surface area contributed by atoms with Gasteiger partial charge < -0.3 is 14.7 Å². The van der Waals surface area contributed by atoms with Crippen molar-refractivity contribution >= 4 is 45.1 Å². The second kappa shape index (κ2) is 7.72. The first-order valence-corrected chi connectivity index (χ1v) is 9.79. The predicted octanol–water partition coefficient (Wildman–Crippen LogP) is 3.22. The summed E-state index contributed by atoms with van der Waals surface area (Å²) in [5.74, 6) is -0.183. The highest BCUT2D eigenvalue weighted by Gasteiger charge is 2.32. The molecule has 2 heterocycles. The van der Waals surface area contributed by atoms with Crippen LogP contribution in [0, 0.1) is 5.82 Å². The van der Waals surface area contributed by atoms with E-state index in [2.05, 4.69) is 0 Å². The van der Waals surface area contributed by atoms with Gasteiger partial charge in [0.05, 0.1) is 23.9 Å². The van der Waals surface area contributed by atoms with Crippen LogP contribution >= 0.6 is 23.1 Å². The highest BCUT2D eigenvalue weighted by Crippen LogP contribution is 2.35. The van der Waals surface area contributed by atoms with Crippen molar-refractivity contribution in [2.45, 2.75) is 19.1 Å². The van der Waals surface area contributed by atoms with Crippen molar-refractivity contribution < 1.29 is 23.8 Å². The van der Waals surface area contributed by atoms with E-state index in [1.807, 2.05) is 0 Å². The van der Waals surface area contributed by atoms with Gasteiger partial charge in [0.1, 0.15) is 5.82 Å². The summed E-state index contributed by atoms with van der Waals surface area (Å²) in [4.78, 5) is 26.3. The van der Waals surface area contributed by atoms with Crippen LogP contribution in [0.25, 0.3) is 10.1 Å². The lowest BCUT2D eigenvalue weighted by atomic mass is 10.1. The van der Waals surface area contributed by atoms with Crippen molar-refractivity contribution in [3.63, 3.8) is 0 Å². The molecule has 8 heteroatoms. The molecule has 0 aliphatic carbocycles. The largest absolute Gasteiger partial charge is 0.481 e. The molecule has 1 N–H and O–H groups in total. The summed E-state index contributed by atoms with van der Waals surface area (Å²) >= 11 is 2.88. The number of carbonyl (C=O) groups excluding carboxylic acids is 1. The zero-order valence-corrected chi connectivity index (χ0v) is 15.3. The van der Waals surface area contributed by atoms with Gasteiger partial charge in [-0.2, -0.15) is 11.8 Å². The maximum atomic E-state index is 14.3. The minimum absolute atomic E-state index is 0.0857. The molecule has 1 aliphatic heterocycles. The van der Waals surface area contributed by atoms with Gasteiger partial charge in [0, 0.05) is 40.8 Å². The third-order valence-electron chi connectivity index (χ3n) is 4.14. The number of hydrogen-bond donors (Lipinski definition) is 1. The molecule has 1 amide bonds. The number of nitrogens with zero attached hydrogens (tertiary/aromatic N) is 1. The first kappa shape index (κ1) is 18.2. The van der Waals surface area contributed by atoms with Crippen LogP contribution in [0.5, 0.6) is 0 Å². The summed E-state index contributed by atoms with van der Waals surface area (Å²) in [6, 6.07) is 4.41. The lowest BCUT2D eigenvalue weighted by Crippen LogP contribution is -2.47. The monoisotopic (exact) mass is 383 g/mol. The second-order valence-corrected chi connectivity index (χ2v) is 7.98. The number of hydrogen-bond acceptors (Lipinski definition) is 5. The number of benzene rings is 1. The molecule has 1 aliphatic rings. The van der Waals surface area contributed by atoms with Crippen LogP contribution in [-0.2, 0) is 16.1 Å². The molecule has 1 atom stereocenters. The van der Waals surface area contributed by atoms with Gasteiger partial charge in [-0.25, -0.2) is 4.39 Å². The average Bonchev–Trinajstić information content (AvgIpc) is 2.94. The molecule has 1 saturated heterocycles. The number of aliphatic carboxylic acids is 1. The smallest absolute Gasteiger partial charge is 0.305 e. The van der Waals surface area contributed by atoms with Crippen LogP contribution in [-0.4, -0.2) is 53.1 Å². The number of thiophene rings is 1. The summed E-state index contributed by atoms with van der Waals surface area (Å²) in [5, 5.41) is 9.53. The number of carbonyl (C=O) groups is 2. The van der Waals surface area contributed by atoms with Gasteiger partial charge in [0.25, 0.3) is 5.91 Å². The maximum absolute atomic E-state index is 14.3. The number of amides is 1. The van der Waals surface area contributed by atoms with Crippen LogP contribution in [0.15, 0.2) is 18.2 Å². The summed E-state index contributed by atoms with van der Waals surface area (Å²) in [6.07, 6.45) is -0.0857. The Morgan fingerprint density at radius 1 is 1.44 bits per heavy atom. The number of thioether (sulfide) groups is 1. The van der Waals surface area contributed by atoms with Crippen molar-refractivity contribution in [3.8, 4) is 0 Å². The van der Waals surface area contributed by atoms with Crippen LogP contribution in [0.4, 0.5) is 4.39 Å². The van der Waals surface area contributed by atoms with E-state index in [4.69, 9.17) is 9.84 Å². The SMILES string of the molecule is COCc1c(C(=O)N2CCSCC2CC(=O)O)sc2cccc(F)c12. The molecule has 5 nitrogen and oxygen atoms in total. The Balaban J connectivity index is 2.02. The molecular weight excluding hydrogens is 365 g/mol. The Hall–Kier alpha value is -1.64. The molecule has 1 unspecified atom stereocenters. The van der Waals surface area contributed by atoms with Crippen molar-refractivity contribution in [2.24, 2.45) is 0 Å². The zero-order chi connectivity index (χ0) is 18.0. The molecule has 1 aromatic heterocycles. The van der Waals surface area contributed by atoms with E-state index in [1.54, 1.807) is 28.8 Å². The number of fused-ring (bicyclic) bond motifs is 1. The number of methoxy groups -OCH3 is 1. The lowest BCUT2D eigenvalue weighted by molar-refractivity contribution is -0.138. The van der Waals surface area contributed by atoms with E-state index in [0.717, 1.165) is 5.75 Å². The predicted molar refractivity (Wildman–Crippen MR) is 96.9 cm³/mol. The molecule has 1 fully saturated rings. The van der Waals surface area contributed by atoms with Gasteiger partial charge in [0.2, 0.25) is 0 Å². The van der Waals surface area contributed by atoms with E-state index in [1.165, 1.54) is 24.5 Å². The minimum Gasteiger partial charge on any atom is -0.481 e. The van der Waals surface area contributed by atoms with E-state index in [9.17, 15) is 14.0 Å². The fourth-order valence-electron chi connectivity index (χ4n) is 3.05. The minimum atomic E-state index is -0.926. The number of rotatable bonds is 5. The third kappa shape index (κ3) is 3.65. The molecule has 25 heavy (non-hydrogen) atoms. The quantitative estimate of drug-likeness (QED) is 0.859. The van der Waals surface area contributed by atoms with E-state index in [0.29, 0.717) is 32.8 Å². The molecule has 0 saturated carbocycles. The second-order valence-electron chi connectivity index (χ2n) is 5.78. The van der Waals surface area contributed by atoms with Gasteiger partial charge in [0.15, 0.2) is 0 Å². The summed E-state index contributed by atoms with van der Waals surface area (Å²) in [6.45, 7) is 0.624. The highest BCUT2D eigenvalue weighted by atomic mass is 32.2. The topological polar surface area (TPSA) is 66.8 Å². The Morgan fingerprint density at radius 2 is 2.24 bits per heavy atom. The summed E-state index contributed by atoms with van der Waals surface area (Å²) in [5.41, 5.74) is 0.540. The van der Waals surface area contributed by atoms with Crippen molar-refractivity contribution in [3.05, 3.63) is 34.5 Å². The maximum Gasteiger partial charge on any atom is 0.305 e. The fraction of sp³-hybridized carbons (Fsp3) is 0.412. The molecule has 0 spiro atoms. The van der Waals surface area contributed by atoms with Crippen LogP contribution < -0.4 is 0 Å². The van der Waals surface area contributed by atoms with Crippen LogP contribution in [0.3, 0.4) is 0 Å². The van der Waals surface area contributed by atoms with Crippen LogP contribution in [0.2, 0.25) is 0 Å². The van der Waals surface area contributed by atoms with Crippen molar-refractivity contribution in [1.29, 1.82) is 0 Å². The Kier molecular flexibility index (Phi) is 5.61.